The smallest absolute Gasteiger partial charge is 0.253 e. The van der Waals surface area contributed by atoms with Gasteiger partial charge in [-0.2, -0.15) is 0 Å². The molecule has 0 saturated carbocycles. The number of carbonyl (C=O) groups is 1. The minimum absolute atomic E-state index is 0.0984. The van der Waals surface area contributed by atoms with Crippen molar-refractivity contribution in [2.75, 3.05) is 18.2 Å². The van der Waals surface area contributed by atoms with Gasteiger partial charge in [-0.25, -0.2) is 4.98 Å². The van der Waals surface area contributed by atoms with Gasteiger partial charge < -0.3 is 20.8 Å². The van der Waals surface area contributed by atoms with Crippen molar-refractivity contribution in [1.82, 2.24) is 9.97 Å². The SMILES string of the molecule is COc1cccc(NC(=O)[C@H](Sc2nc(N)cc(=O)[nH]2)c2ccccc2)c1. The first-order valence-electron chi connectivity index (χ1n) is 8.08. The molecule has 0 aliphatic carbocycles. The van der Waals surface area contributed by atoms with Crippen molar-refractivity contribution in [2.45, 2.75) is 10.4 Å². The van der Waals surface area contributed by atoms with Crippen LogP contribution in [0.5, 0.6) is 5.75 Å². The molecule has 1 atom stereocenters. The van der Waals surface area contributed by atoms with Gasteiger partial charge in [-0.1, -0.05) is 48.2 Å². The van der Waals surface area contributed by atoms with Crippen molar-refractivity contribution in [2.24, 2.45) is 0 Å². The van der Waals surface area contributed by atoms with E-state index in [1.165, 1.54) is 6.07 Å². The molecule has 1 amide bonds. The lowest BCUT2D eigenvalue weighted by atomic mass is 10.1. The number of hydrogen-bond donors (Lipinski definition) is 3. The lowest BCUT2D eigenvalue weighted by Gasteiger charge is -2.17. The summed E-state index contributed by atoms with van der Waals surface area (Å²) in [4.78, 5) is 31.3. The first kappa shape index (κ1) is 18.5. The third-order valence-electron chi connectivity index (χ3n) is 3.65. The lowest BCUT2D eigenvalue weighted by Crippen LogP contribution is -2.20. The van der Waals surface area contributed by atoms with Crippen molar-refractivity contribution in [3.8, 4) is 5.75 Å². The monoisotopic (exact) mass is 382 g/mol. The summed E-state index contributed by atoms with van der Waals surface area (Å²) in [6, 6.07) is 17.5. The summed E-state index contributed by atoms with van der Waals surface area (Å²) in [6.07, 6.45) is 0. The molecular formula is C19H18N4O3S. The molecule has 3 aromatic rings. The van der Waals surface area contributed by atoms with Crippen LogP contribution < -0.4 is 21.3 Å². The molecule has 27 heavy (non-hydrogen) atoms. The van der Waals surface area contributed by atoms with Gasteiger partial charge in [0.15, 0.2) is 5.16 Å². The number of nitrogens with one attached hydrogen (secondary N) is 2. The summed E-state index contributed by atoms with van der Waals surface area (Å²) < 4.78 is 5.18. The molecule has 0 spiro atoms. The summed E-state index contributed by atoms with van der Waals surface area (Å²) in [5.74, 6) is 0.476. The molecule has 1 aromatic heterocycles. The van der Waals surface area contributed by atoms with Gasteiger partial charge in [0, 0.05) is 17.8 Å². The molecule has 2 aromatic carbocycles. The Labute approximate surface area is 160 Å². The first-order chi connectivity index (χ1) is 13.0. The van der Waals surface area contributed by atoms with E-state index in [1.54, 1.807) is 31.4 Å². The zero-order chi connectivity index (χ0) is 19.2. The molecule has 0 bridgehead atoms. The fourth-order valence-electron chi connectivity index (χ4n) is 2.43. The minimum atomic E-state index is -0.637. The number of benzene rings is 2. The highest BCUT2D eigenvalue weighted by Gasteiger charge is 2.23. The minimum Gasteiger partial charge on any atom is -0.497 e. The maximum Gasteiger partial charge on any atom is 0.253 e. The van der Waals surface area contributed by atoms with Crippen molar-refractivity contribution in [3.63, 3.8) is 0 Å². The summed E-state index contributed by atoms with van der Waals surface area (Å²) in [7, 11) is 1.56. The van der Waals surface area contributed by atoms with E-state index in [9.17, 15) is 9.59 Å². The highest BCUT2D eigenvalue weighted by atomic mass is 32.2. The Morgan fingerprint density at radius 1 is 1.19 bits per heavy atom. The van der Waals surface area contributed by atoms with E-state index in [0.29, 0.717) is 11.4 Å². The predicted molar refractivity (Wildman–Crippen MR) is 106 cm³/mol. The Morgan fingerprint density at radius 2 is 1.96 bits per heavy atom. The Morgan fingerprint density at radius 3 is 2.67 bits per heavy atom. The van der Waals surface area contributed by atoms with Gasteiger partial charge in [-0.05, 0) is 17.7 Å². The van der Waals surface area contributed by atoms with Crippen LogP contribution in [0.3, 0.4) is 0 Å². The molecule has 0 radical (unpaired) electrons. The van der Waals surface area contributed by atoms with Gasteiger partial charge in [0.25, 0.3) is 5.56 Å². The van der Waals surface area contributed by atoms with E-state index >= 15 is 0 Å². The molecule has 1 heterocycles. The van der Waals surface area contributed by atoms with Crippen LogP contribution in [0.1, 0.15) is 10.8 Å². The van der Waals surface area contributed by atoms with Crippen LogP contribution in [0.4, 0.5) is 11.5 Å². The normalized spacial score (nSPS) is 11.6. The molecule has 138 valence electrons. The van der Waals surface area contributed by atoms with Crippen molar-refractivity contribution >= 4 is 29.2 Å². The van der Waals surface area contributed by atoms with E-state index in [1.807, 2.05) is 30.3 Å². The number of aromatic amines is 1. The highest BCUT2D eigenvalue weighted by molar-refractivity contribution is 8.00. The molecule has 8 heteroatoms. The lowest BCUT2D eigenvalue weighted by molar-refractivity contribution is -0.115. The summed E-state index contributed by atoms with van der Waals surface area (Å²) >= 11 is 1.12. The fourth-order valence-corrected chi connectivity index (χ4v) is 3.43. The van der Waals surface area contributed by atoms with Gasteiger partial charge in [0.05, 0.1) is 7.11 Å². The Balaban J connectivity index is 1.89. The number of H-pyrrole nitrogens is 1. The number of hydrogen-bond acceptors (Lipinski definition) is 6. The van der Waals surface area contributed by atoms with Crippen LogP contribution in [-0.2, 0) is 4.79 Å². The number of nitrogens with two attached hydrogens (primary N) is 1. The number of carbonyl (C=O) groups excluding carboxylic acids is 1. The average molecular weight is 382 g/mol. The highest BCUT2D eigenvalue weighted by Crippen LogP contribution is 2.34. The zero-order valence-corrected chi connectivity index (χ0v) is 15.3. The molecule has 0 aliphatic rings. The van der Waals surface area contributed by atoms with Gasteiger partial charge in [0.2, 0.25) is 5.91 Å². The van der Waals surface area contributed by atoms with Crippen LogP contribution >= 0.6 is 11.8 Å². The Bertz CT molecular complexity index is 991. The van der Waals surface area contributed by atoms with Crippen LogP contribution in [0.15, 0.2) is 70.6 Å². The van der Waals surface area contributed by atoms with Crippen molar-refractivity contribution in [3.05, 3.63) is 76.6 Å². The number of aromatic nitrogens is 2. The van der Waals surface area contributed by atoms with Crippen LogP contribution in [-0.4, -0.2) is 23.0 Å². The predicted octanol–water partition coefficient (Wildman–Crippen LogP) is 2.83. The molecule has 4 N–H and O–H groups in total. The summed E-state index contributed by atoms with van der Waals surface area (Å²) in [5, 5.41) is 2.51. The molecule has 0 aliphatic heterocycles. The number of ether oxygens (including phenoxy) is 1. The molecule has 0 fully saturated rings. The van der Waals surface area contributed by atoms with E-state index in [0.717, 1.165) is 17.3 Å². The topological polar surface area (TPSA) is 110 Å². The fraction of sp³-hybridized carbons (Fsp3) is 0.105. The number of nitrogen functional groups attached to an aromatic ring is 1. The largest absolute Gasteiger partial charge is 0.497 e. The van der Waals surface area contributed by atoms with Crippen LogP contribution in [0.25, 0.3) is 0 Å². The van der Waals surface area contributed by atoms with Gasteiger partial charge >= 0.3 is 0 Å². The van der Waals surface area contributed by atoms with Gasteiger partial charge in [0.1, 0.15) is 16.8 Å². The average Bonchev–Trinajstić information content (AvgIpc) is 2.66. The molecule has 3 rings (SSSR count). The van der Waals surface area contributed by atoms with E-state index in [2.05, 4.69) is 15.3 Å². The molecule has 0 unspecified atom stereocenters. The maximum atomic E-state index is 13.0. The van der Waals surface area contributed by atoms with Crippen molar-refractivity contribution in [1.29, 1.82) is 0 Å². The molecule has 7 nitrogen and oxygen atoms in total. The molecule has 0 saturated heterocycles. The third-order valence-corrected chi connectivity index (χ3v) is 4.79. The van der Waals surface area contributed by atoms with Crippen LogP contribution in [0, 0.1) is 0 Å². The number of nitrogens with zero attached hydrogens (tertiary/aromatic N) is 1. The Kier molecular flexibility index (Phi) is 5.77. The Hall–Kier alpha value is -3.26. The van der Waals surface area contributed by atoms with E-state index in [4.69, 9.17) is 10.5 Å². The number of amides is 1. The zero-order valence-electron chi connectivity index (χ0n) is 14.5. The second-order valence-electron chi connectivity index (χ2n) is 5.61. The number of methoxy groups -OCH3 is 1. The van der Waals surface area contributed by atoms with Gasteiger partial charge in [-0.15, -0.1) is 0 Å². The third kappa shape index (κ3) is 4.89. The standard InChI is InChI=1S/C19H18N4O3S/c1-26-14-9-5-8-13(10-14)21-18(25)17(12-6-3-2-4-7-12)27-19-22-15(20)11-16(24)23-19/h2-11,17H,1H3,(H,21,25)(H3,20,22,23,24)/t17-/m1/s1. The van der Waals surface area contributed by atoms with Gasteiger partial charge in [-0.3, -0.25) is 9.59 Å². The number of rotatable bonds is 6. The van der Waals surface area contributed by atoms with Crippen LogP contribution in [0.2, 0.25) is 0 Å². The van der Waals surface area contributed by atoms with E-state index in [-0.39, 0.29) is 22.4 Å². The quantitative estimate of drug-likeness (QED) is 0.447. The maximum absolute atomic E-state index is 13.0. The second-order valence-corrected chi connectivity index (χ2v) is 6.70. The van der Waals surface area contributed by atoms with E-state index < -0.39 is 5.25 Å². The number of thioether (sulfide) groups is 1. The number of anilines is 2. The first-order valence-corrected chi connectivity index (χ1v) is 8.96. The van der Waals surface area contributed by atoms with Crippen molar-refractivity contribution < 1.29 is 9.53 Å². The summed E-state index contributed by atoms with van der Waals surface area (Å²) in [5.41, 5.74) is 6.65. The summed E-state index contributed by atoms with van der Waals surface area (Å²) in [6.45, 7) is 0. The second kappa shape index (κ2) is 8.41. The molecular weight excluding hydrogens is 364 g/mol.